The van der Waals surface area contributed by atoms with Gasteiger partial charge in [0.05, 0.1) is 11.2 Å². The molecule has 6 rings (SSSR count). The summed E-state index contributed by atoms with van der Waals surface area (Å²) in [5.41, 5.74) is 6.54. The quantitative estimate of drug-likeness (QED) is 0.249. The molecular formula is C33H31BO2. The fraction of sp³-hybridized carbons (Fsp3) is 0.212. The van der Waals surface area contributed by atoms with Crippen LogP contribution in [0.4, 0.5) is 0 Å². The van der Waals surface area contributed by atoms with Crippen molar-refractivity contribution >= 4 is 34.1 Å². The zero-order chi connectivity index (χ0) is 25.1. The van der Waals surface area contributed by atoms with Crippen LogP contribution in [-0.4, -0.2) is 18.3 Å². The van der Waals surface area contributed by atoms with Crippen molar-refractivity contribution in [1.29, 1.82) is 0 Å². The average Bonchev–Trinajstić information content (AvgIpc) is 3.10. The number of benzene rings is 5. The molecule has 1 aliphatic heterocycles. The Morgan fingerprint density at radius 1 is 0.556 bits per heavy atom. The molecule has 0 aromatic heterocycles. The summed E-state index contributed by atoms with van der Waals surface area (Å²) < 4.78 is 12.6. The SMILES string of the molecule is Cc1cccc2cccc(-c3ccc4cc(-c5cccc(B6OC(C)(C)C(C)(C)O6)c5)ccc4c3)c12. The Labute approximate surface area is 214 Å². The molecule has 1 saturated heterocycles. The van der Waals surface area contributed by atoms with E-state index in [-0.39, 0.29) is 18.3 Å². The van der Waals surface area contributed by atoms with Crippen LogP contribution < -0.4 is 5.46 Å². The standard InChI is InChI=1S/C33H31BO2/c1-22-9-6-10-23-11-8-14-30(31(22)23)28-18-17-26-19-25(15-16-27(26)20-28)24-12-7-13-29(21-24)34-35-32(2,3)33(4,5)36-34/h6-21H,1-5H3. The van der Waals surface area contributed by atoms with Gasteiger partial charge < -0.3 is 9.31 Å². The van der Waals surface area contributed by atoms with E-state index in [1.807, 2.05) is 0 Å². The van der Waals surface area contributed by atoms with Crippen molar-refractivity contribution in [2.24, 2.45) is 0 Å². The highest BCUT2D eigenvalue weighted by Crippen LogP contribution is 2.37. The molecule has 1 fully saturated rings. The molecule has 1 heterocycles. The van der Waals surface area contributed by atoms with Crippen LogP contribution >= 0.6 is 0 Å². The second-order valence-electron chi connectivity index (χ2n) is 11.0. The van der Waals surface area contributed by atoms with E-state index in [2.05, 4.69) is 132 Å². The summed E-state index contributed by atoms with van der Waals surface area (Å²) in [5, 5.41) is 5.08. The molecule has 0 N–H and O–H groups in total. The van der Waals surface area contributed by atoms with Crippen molar-refractivity contribution < 1.29 is 9.31 Å². The molecule has 0 aliphatic carbocycles. The molecule has 5 aromatic rings. The first-order chi connectivity index (χ1) is 17.2. The summed E-state index contributed by atoms with van der Waals surface area (Å²) in [6, 6.07) is 35.1. The van der Waals surface area contributed by atoms with Crippen LogP contribution in [0, 0.1) is 6.92 Å². The van der Waals surface area contributed by atoms with E-state index in [9.17, 15) is 0 Å². The molecule has 2 nitrogen and oxygen atoms in total. The molecule has 0 saturated carbocycles. The maximum Gasteiger partial charge on any atom is 0.494 e. The van der Waals surface area contributed by atoms with Gasteiger partial charge in [0.25, 0.3) is 0 Å². The van der Waals surface area contributed by atoms with Crippen LogP contribution in [0.25, 0.3) is 43.8 Å². The molecule has 0 bridgehead atoms. The van der Waals surface area contributed by atoms with E-state index in [1.54, 1.807) is 0 Å². The zero-order valence-corrected chi connectivity index (χ0v) is 21.6. The fourth-order valence-corrected chi connectivity index (χ4v) is 5.21. The molecule has 1 aliphatic rings. The lowest BCUT2D eigenvalue weighted by Crippen LogP contribution is -2.41. The second kappa shape index (κ2) is 8.33. The number of hydrogen-bond donors (Lipinski definition) is 0. The Bertz CT molecular complexity index is 1590. The van der Waals surface area contributed by atoms with Gasteiger partial charge in [0.15, 0.2) is 0 Å². The van der Waals surface area contributed by atoms with Crippen molar-refractivity contribution in [1.82, 2.24) is 0 Å². The molecule has 0 atom stereocenters. The van der Waals surface area contributed by atoms with E-state index in [1.165, 1.54) is 43.8 Å². The first kappa shape index (κ1) is 23.0. The highest BCUT2D eigenvalue weighted by molar-refractivity contribution is 6.62. The van der Waals surface area contributed by atoms with E-state index in [0.717, 1.165) is 11.0 Å². The highest BCUT2D eigenvalue weighted by Gasteiger charge is 2.51. The zero-order valence-electron chi connectivity index (χ0n) is 21.6. The molecule has 178 valence electrons. The minimum atomic E-state index is -0.359. The van der Waals surface area contributed by atoms with E-state index >= 15 is 0 Å². The van der Waals surface area contributed by atoms with Gasteiger partial charge in [-0.25, -0.2) is 0 Å². The minimum absolute atomic E-state index is 0.350. The minimum Gasteiger partial charge on any atom is -0.399 e. The predicted octanol–water partition coefficient (Wildman–Crippen LogP) is 7.93. The van der Waals surface area contributed by atoms with Crippen molar-refractivity contribution in [2.45, 2.75) is 45.8 Å². The van der Waals surface area contributed by atoms with Gasteiger partial charge in [-0.1, -0.05) is 84.9 Å². The smallest absolute Gasteiger partial charge is 0.399 e. The van der Waals surface area contributed by atoms with Gasteiger partial charge in [0, 0.05) is 0 Å². The van der Waals surface area contributed by atoms with E-state index in [4.69, 9.17) is 9.31 Å². The third kappa shape index (κ3) is 3.84. The summed E-state index contributed by atoms with van der Waals surface area (Å²) >= 11 is 0. The van der Waals surface area contributed by atoms with Crippen LogP contribution in [0.1, 0.15) is 33.3 Å². The van der Waals surface area contributed by atoms with Gasteiger partial charge in [-0.15, -0.1) is 0 Å². The lowest BCUT2D eigenvalue weighted by molar-refractivity contribution is 0.00578. The average molecular weight is 470 g/mol. The summed E-state index contributed by atoms with van der Waals surface area (Å²) in [4.78, 5) is 0. The maximum atomic E-state index is 6.28. The van der Waals surface area contributed by atoms with Crippen LogP contribution in [0.15, 0.2) is 97.1 Å². The topological polar surface area (TPSA) is 18.5 Å². The molecular weight excluding hydrogens is 439 g/mol. The van der Waals surface area contributed by atoms with Crippen molar-refractivity contribution in [3.8, 4) is 22.3 Å². The largest absolute Gasteiger partial charge is 0.494 e. The summed E-state index contributed by atoms with van der Waals surface area (Å²) in [7, 11) is -0.359. The maximum absolute atomic E-state index is 6.28. The summed E-state index contributed by atoms with van der Waals surface area (Å²) in [6.45, 7) is 10.6. The Hall–Kier alpha value is -3.40. The van der Waals surface area contributed by atoms with Gasteiger partial charge >= 0.3 is 7.12 Å². The van der Waals surface area contributed by atoms with Crippen LogP contribution in [-0.2, 0) is 9.31 Å². The highest BCUT2D eigenvalue weighted by atomic mass is 16.7. The normalized spacial score (nSPS) is 16.6. The lowest BCUT2D eigenvalue weighted by Gasteiger charge is -2.32. The molecule has 3 heteroatoms. The second-order valence-corrected chi connectivity index (χ2v) is 11.0. The number of rotatable bonds is 3. The Morgan fingerprint density at radius 2 is 1.14 bits per heavy atom. The van der Waals surface area contributed by atoms with Crippen molar-refractivity contribution in [3.63, 3.8) is 0 Å². The molecule has 0 spiro atoms. The number of hydrogen-bond acceptors (Lipinski definition) is 2. The molecule has 0 radical (unpaired) electrons. The Kier molecular flexibility index (Phi) is 5.33. The molecule has 0 amide bonds. The van der Waals surface area contributed by atoms with Gasteiger partial charge in [0.1, 0.15) is 0 Å². The summed E-state index contributed by atoms with van der Waals surface area (Å²) in [6.07, 6.45) is 0. The number of aryl methyl sites for hydroxylation is 1. The van der Waals surface area contributed by atoms with E-state index in [0.29, 0.717) is 0 Å². The van der Waals surface area contributed by atoms with Crippen LogP contribution in [0.5, 0.6) is 0 Å². The number of fused-ring (bicyclic) bond motifs is 2. The van der Waals surface area contributed by atoms with Gasteiger partial charge in [-0.05, 0) is 102 Å². The Balaban J connectivity index is 1.35. The third-order valence-corrected chi connectivity index (χ3v) is 8.01. The van der Waals surface area contributed by atoms with Crippen LogP contribution in [0.3, 0.4) is 0 Å². The van der Waals surface area contributed by atoms with E-state index < -0.39 is 0 Å². The lowest BCUT2D eigenvalue weighted by atomic mass is 9.78. The third-order valence-electron chi connectivity index (χ3n) is 8.01. The molecule has 36 heavy (non-hydrogen) atoms. The molecule has 5 aromatic carbocycles. The van der Waals surface area contributed by atoms with Gasteiger partial charge in [-0.2, -0.15) is 0 Å². The van der Waals surface area contributed by atoms with Crippen molar-refractivity contribution in [2.75, 3.05) is 0 Å². The fourth-order valence-electron chi connectivity index (χ4n) is 5.21. The first-order valence-electron chi connectivity index (χ1n) is 12.7. The van der Waals surface area contributed by atoms with Gasteiger partial charge in [0.2, 0.25) is 0 Å². The predicted molar refractivity (Wildman–Crippen MR) is 153 cm³/mol. The monoisotopic (exact) mass is 470 g/mol. The molecule has 0 unspecified atom stereocenters. The summed E-state index contributed by atoms with van der Waals surface area (Å²) in [5.74, 6) is 0. The van der Waals surface area contributed by atoms with Gasteiger partial charge in [-0.3, -0.25) is 0 Å². The van der Waals surface area contributed by atoms with Crippen LogP contribution in [0.2, 0.25) is 0 Å². The Morgan fingerprint density at radius 3 is 1.86 bits per heavy atom. The first-order valence-corrected chi connectivity index (χ1v) is 12.7. The van der Waals surface area contributed by atoms with Crippen molar-refractivity contribution in [3.05, 3.63) is 103 Å².